The van der Waals surface area contributed by atoms with Gasteiger partial charge in [0, 0.05) is 0 Å². The highest BCUT2D eigenvalue weighted by Crippen LogP contribution is 2.65. The zero-order valence-corrected chi connectivity index (χ0v) is 15.9. The molecule has 0 aliphatic carbocycles. The van der Waals surface area contributed by atoms with Crippen LogP contribution in [0.25, 0.3) is 0 Å². The normalized spacial score (nSPS) is 15.8. The SMILES string of the molecule is C=C(C(=O)OCC)C(F)(F)C(F)(F)C(F)(F)C(F)(F)C(F)(F)C(F)(F)C(F)(F)C(F)(F)C(F)(F)F. The molecular formula is C14H7F19O2. The Kier molecular flexibility index (Phi) is 7.96. The van der Waals surface area contributed by atoms with Crippen molar-refractivity contribution in [2.24, 2.45) is 0 Å². The fraction of sp³-hybridized carbons (Fsp3) is 0.786. The summed E-state index contributed by atoms with van der Waals surface area (Å²) in [5.74, 6) is -70.8. The molecule has 0 aliphatic rings. The first-order valence-electron chi connectivity index (χ1n) is 7.85. The van der Waals surface area contributed by atoms with Crippen LogP contribution in [0.5, 0.6) is 0 Å². The third-order valence-corrected chi connectivity index (χ3v) is 4.02. The Morgan fingerprint density at radius 1 is 0.543 bits per heavy atom. The fourth-order valence-electron chi connectivity index (χ4n) is 1.90. The molecule has 0 unspecified atom stereocenters. The Morgan fingerprint density at radius 3 is 1.06 bits per heavy atom. The van der Waals surface area contributed by atoms with Gasteiger partial charge in [-0.1, -0.05) is 6.58 Å². The summed E-state index contributed by atoms with van der Waals surface area (Å²) >= 11 is 0. The molecule has 0 saturated carbocycles. The van der Waals surface area contributed by atoms with E-state index in [1.807, 2.05) is 0 Å². The molecule has 0 N–H and O–H groups in total. The van der Waals surface area contributed by atoms with Gasteiger partial charge in [-0.3, -0.25) is 0 Å². The van der Waals surface area contributed by atoms with E-state index in [1.54, 1.807) is 6.58 Å². The first-order chi connectivity index (χ1) is 14.9. The quantitative estimate of drug-likeness (QED) is 0.166. The van der Waals surface area contributed by atoms with Gasteiger partial charge in [-0.2, -0.15) is 83.4 Å². The molecule has 0 spiro atoms. The summed E-state index contributed by atoms with van der Waals surface area (Å²) in [6.45, 7) is 1.49. The number of carbonyl (C=O) groups excluding carboxylic acids is 1. The standard InChI is InChI=1S/C14H7F19O2/c1-3-35-5(34)4(2)6(15,16)7(17,18)8(19,20)9(21,22)10(23,24)11(25,26)12(27,28)13(29,30)14(31,32)33/h2-3H2,1H3. The second kappa shape index (κ2) is 8.48. The van der Waals surface area contributed by atoms with Crippen molar-refractivity contribution in [2.75, 3.05) is 6.61 Å². The van der Waals surface area contributed by atoms with Crippen LogP contribution in [0.2, 0.25) is 0 Å². The van der Waals surface area contributed by atoms with Gasteiger partial charge in [-0.15, -0.1) is 0 Å². The lowest BCUT2D eigenvalue weighted by atomic mass is 9.86. The van der Waals surface area contributed by atoms with E-state index in [1.165, 1.54) is 0 Å². The summed E-state index contributed by atoms with van der Waals surface area (Å²) in [7, 11) is 0. The van der Waals surface area contributed by atoms with Crippen molar-refractivity contribution in [3.05, 3.63) is 12.2 Å². The first kappa shape index (κ1) is 32.9. The van der Waals surface area contributed by atoms with Crippen LogP contribution in [-0.4, -0.2) is 66.1 Å². The molecule has 0 amide bonds. The van der Waals surface area contributed by atoms with E-state index in [9.17, 15) is 88.2 Å². The van der Waals surface area contributed by atoms with Gasteiger partial charge in [0.2, 0.25) is 0 Å². The zero-order valence-electron chi connectivity index (χ0n) is 15.9. The second-order valence-electron chi connectivity index (χ2n) is 6.29. The first-order valence-corrected chi connectivity index (χ1v) is 7.85. The van der Waals surface area contributed by atoms with Crippen LogP contribution >= 0.6 is 0 Å². The lowest BCUT2D eigenvalue weighted by molar-refractivity contribution is -0.467. The number of ether oxygens (including phenoxy) is 1. The van der Waals surface area contributed by atoms with Crippen molar-refractivity contribution in [3.63, 3.8) is 0 Å². The highest BCUT2D eigenvalue weighted by atomic mass is 19.4. The number of halogens is 19. The van der Waals surface area contributed by atoms with E-state index in [4.69, 9.17) is 0 Å². The molecule has 0 bridgehead atoms. The summed E-state index contributed by atoms with van der Waals surface area (Å²) < 4.78 is 253. The molecule has 2 nitrogen and oxygen atoms in total. The molecule has 0 aromatic rings. The molecule has 0 rings (SSSR count). The molecule has 0 saturated heterocycles. The minimum absolute atomic E-state index is 0.754. The van der Waals surface area contributed by atoms with Crippen LogP contribution in [0.3, 0.4) is 0 Å². The van der Waals surface area contributed by atoms with Crippen LogP contribution in [-0.2, 0) is 9.53 Å². The van der Waals surface area contributed by atoms with Gasteiger partial charge in [0.05, 0.1) is 6.61 Å². The van der Waals surface area contributed by atoms with Crippen molar-refractivity contribution in [1.82, 2.24) is 0 Å². The zero-order chi connectivity index (χ0) is 29.1. The molecule has 0 radical (unpaired) electrons. The Balaban J connectivity index is 6.96. The van der Waals surface area contributed by atoms with Crippen molar-refractivity contribution >= 4 is 5.97 Å². The molecule has 0 atom stereocenters. The molecular weight excluding hydrogens is 561 g/mol. The Labute approximate surface area is 179 Å². The maximum Gasteiger partial charge on any atom is 0.460 e. The molecule has 0 aromatic heterocycles. The van der Waals surface area contributed by atoms with Gasteiger partial charge < -0.3 is 4.74 Å². The average molecular weight is 568 g/mol. The predicted octanol–water partition coefficient (Wildman–Crippen LogP) is 6.75. The van der Waals surface area contributed by atoms with Crippen LogP contribution < -0.4 is 0 Å². The van der Waals surface area contributed by atoms with Crippen LogP contribution in [0.4, 0.5) is 83.4 Å². The van der Waals surface area contributed by atoms with Gasteiger partial charge in [-0.25, -0.2) is 4.79 Å². The summed E-state index contributed by atoms with van der Waals surface area (Å²) in [5.41, 5.74) is -3.19. The van der Waals surface area contributed by atoms with Gasteiger partial charge in [-0.05, 0) is 6.92 Å². The van der Waals surface area contributed by atoms with Crippen LogP contribution in [0.15, 0.2) is 12.2 Å². The second-order valence-corrected chi connectivity index (χ2v) is 6.29. The molecule has 21 heteroatoms. The molecule has 0 aliphatic heterocycles. The largest absolute Gasteiger partial charge is 0.462 e. The highest BCUT2D eigenvalue weighted by Gasteiger charge is 2.96. The fourth-order valence-corrected chi connectivity index (χ4v) is 1.90. The topological polar surface area (TPSA) is 26.3 Å². The van der Waals surface area contributed by atoms with Gasteiger partial charge >= 0.3 is 59.5 Å². The van der Waals surface area contributed by atoms with Crippen molar-refractivity contribution < 1.29 is 92.9 Å². The number of alkyl halides is 19. The number of esters is 1. The summed E-state index contributed by atoms with van der Waals surface area (Å²) in [6.07, 6.45) is -7.94. The molecule has 35 heavy (non-hydrogen) atoms. The number of hydrogen-bond donors (Lipinski definition) is 0. The molecule has 0 aromatic carbocycles. The van der Waals surface area contributed by atoms with E-state index in [0.29, 0.717) is 0 Å². The Hall–Kier alpha value is -2.12. The smallest absolute Gasteiger partial charge is 0.460 e. The predicted molar refractivity (Wildman–Crippen MR) is 71.4 cm³/mol. The molecule has 0 heterocycles. The lowest BCUT2D eigenvalue weighted by Crippen LogP contribution is -2.76. The summed E-state index contributed by atoms with van der Waals surface area (Å²) in [6, 6.07) is 0. The van der Waals surface area contributed by atoms with E-state index in [2.05, 4.69) is 4.74 Å². The minimum Gasteiger partial charge on any atom is -0.462 e. The maximum absolute atomic E-state index is 13.6. The molecule has 208 valence electrons. The lowest BCUT2D eigenvalue weighted by Gasteiger charge is -2.43. The van der Waals surface area contributed by atoms with E-state index >= 15 is 0 Å². The van der Waals surface area contributed by atoms with Crippen LogP contribution in [0, 0.1) is 0 Å². The number of rotatable bonds is 10. The Bertz CT molecular complexity index is 822. The Morgan fingerprint density at radius 2 is 0.800 bits per heavy atom. The van der Waals surface area contributed by atoms with Gasteiger partial charge in [0.25, 0.3) is 0 Å². The number of hydrogen-bond acceptors (Lipinski definition) is 2. The maximum atomic E-state index is 13.6. The van der Waals surface area contributed by atoms with Crippen molar-refractivity contribution in [2.45, 2.75) is 60.5 Å². The third-order valence-electron chi connectivity index (χ3n) is 4.02. The molecule has 0 fully saturated rings. The number of carbonyl (C=O) groups is 1. The highest BCUT2D eigenvalue weighted by molar-refractivity contribution is 5.89. The van der Waals surface area contributed by atoms with E-state index < -0.39 is 71.7 Å². The van der Waals surface area contributed by atoms with Gasteiger partial charge in [0.1, 0.15) is 5.57 Å². The van der Waals surface area contributed by atoms with Crippen molar-refractivity contribution in [3.8, 4) is 0 Å². The monoisotopic (exact) mass is 568 g/mol. The van der Waals surface area contributed by atoms with Crippen LogP contribution in [0.1, 0.15) is 6.92 Å². The van der Waals surface area contributed by atoms with Crippen molar-refractivity contribution in [1.29, 1.82) is 0 Å². The summed E-state index contributed by atoms with van der Waals surface area (Å²) in [5, 5.41) is 0. The van der Waals surface area contributed by atoms with Gasteiger partial charge in [0.15, 0.2) is 0 Å². The third kappa shape index (κ3) is 4.14. The summed E-state index contributed by atoms with van der Waals surface area (Å²) in [4.78, 5) is 11.0. The van der Waals surface area contributed by atoms with E-state index in [-0.39, 0.29) is 0 Å². The minimum atomic E-state index is -9.02. The average Bonchev–Trinajstić information content (AvgIpc) is 2.65. The van der Waals surface area contributed by atoms with E-state index in [0.717, 1.165) is 6.92 Å².